The molecule has 11 heavy (non-hydrogen) atoms. The lowest BCUT2D eigenvalue weighted by Crippen LogP contribution is -2.33. The zero-order valence-corrected chi connectivity index (χ0v) is 6.19. The van der Waals surface area contributed by atoms with Crippen LogP contribution in [-0.4, -0.2) is 30.6 Å². The fourth-order valence-electron chi connectivity index (χ4n) is 0.687. The molecule has 0 spiro atoms. The second-order valence-electron chi connectivity index (χ2n) is 2.19. The summed E-state index contributed by atoms with van der Waals surface area (Å²) in [5, 5.41) is 0. The van der Waals surface area contributed by atoms with Gasteiger partial charge in [-0.05, 0) is 6.42 Å². The molecule has 0 aliphatic heterocycles. The van der Waals surface area contributed by atoms with Crippen LogP contribution in [0.5, 0.6) is 0 Å². The van der Waals surface area contributed by atoms with E-state index in [-0.39, 0.29) is 13.0 Å². The van der Waals surface area contributed by atoms with Gasteiger partial charge in [-0.25, -0.2) is 0 Å². The van der Waals surface area contributed by atoms with Crippen LogP contribution in [0.4, 0.5) is 13.2 Å². The van der Waals surface area contributed by atoms with E-state index < -0.39 is 12.7 Å². The van der Waals surface area contributed by atoms with Gasteiger partial charge < -0.3 is 4.90 Å². The van der Waals surface area contributed by atoms with Gasteiger partial charge in [0.2, 0.25) is 6.41 Å². The van der Waals surface area contributed by atoms with E-state index in [4.69, 9.17) is 0 Å². The van der Waals surface area contributed by atoms with Crippen molar-refractivity contribution in [2.75, 3.05) is 13.1 Å². The molecule has 0 radical (unpaired) electrons. The van der Waals surface area contributed by atoms with Crippen molar-refractivity contribution in [2.45, 2.75) is 19.5 Å². The largest absolute Gasteiger partial charge is 0.406 e. The molecule has 0 aromatic carbocycles. The number of hydrogen-bond donors (Lipinski definition) is 0. The average Bonchev–Trinajstić information content (AvgIpc) is 1.84. The molecular weight excluding hydrogens is 159 g/mol. The van der Waals surface area contributed by atoms with E-state index in [0.717, 1.165) is 0 Å². The molecule has 66 valence electrons. The summed E-state index contributed by atoms with van der Waals surface area (Å²) in [4.78, 5) is 10.7. The van der Waals surface area contributed by atoms with Crippen LogP contribution >= 0.6 is 0 Å². The van der Waals surface area contributed by atoms with Crippen LogP contribution in [0.25, 0.3) is 0 Å². The van der Waals surface area contributed by atoms with E-state index >= 15 is 0 Å². The second kappa shape index (κ2) is 4.20. The first-order valence-corrected chi connectivity index (χ1v) is 3.25. The van der Waals surface area contributed by atoms with Crippen LogP contribution in [-0.2, 0) is 4.79 Å². The molecule has 2 nitrogen and oxygen atoms in total. The van der Waals surface area contributed by atoms with Crippen LogP contribution in [0.2, 0.25) is 0 Å². The molecule has 0 aromatic rings. The minimum Gasteiger partial charge on any atom is -0.336 e. The predicted octanol–water partition coefficient (Wildman–Crippen LogP) is 1.42. The van der Waals surface area contributed by atoms with Crippen molar-refractivity contribution in [3.05, 3.63) is 0 Å². The maximum Gasteiger partial charge on any atom is 0.406 e. The van der Waals surface area contributed by atoms with E-state index in [1.165, 1.54) is 0 Å². The van der Waals surface area contributed by atoms with Crippen LogP contribution in [0.3, 0.4) is 0 Å². The summed E-state index contributed by atoms with van der Waals surface area (Å²) in [6.07, 6.45) is -3.53. The van der Waals surface area contributed by atoms with Crippen molar-refractivity contribution < 1.29 is 18.0 Å². The van der Waals surface area contributed by atoms with Crippen molar-refractivity contribution in [3.63, 3.8) is 0 Å². The van der Waals surface area contributed by atoms with Gasteiger partial charge in [0, 0.05) is 6.54 Å². The molecule has 0 saturated heterocycles. The molecule has 0 bridgehead atoms. The lowest BCUT2D eigenvalue weighted by Gasteiger charge is -2.17. The first kappa shape index (κ1) is 10.3. The maximum absolute atomic E-state index is 11.6. The summed E-state index contributed by atoms with van der Waals surface area (Å²) < 4.78 is 34.8. The van der Waals surface area contributed by atoms with E-state index in [1.807, 2.05) is 0 Å². The van der Waals surface area contributed by atoms with Crippen LogP contribution in [0, 0.1) is 0 Å². The van der Waals surface area contributed by atoms with Crippen molar-refractivity contribution in [1.82, 2.24) is 4.90 Å². The lowest BCUT2D eigenvalue weighted by atomic mass is 10.4. The summed E-state index contributed by atoms with van der Waals surface area (Å²) in [5.74, 6) is 0. The summed E-state index contributed by atoms with van der Waals surface area (Å²) in [7, 11) is 0. The van der Waals surface area contributed by atoms with E-state index in [2.05, 4.69) is 0 Å². The zero-order valence-electron chi connectivity index (χ0n) is 6.19. The van der Waals surface area contributed by atoms with Gasteiger partial charge in [-0.3, -0.25) is 4.79 Å². The van der Waals surface area contributed by atoms with Crippen molar-refractivity contribution >= 4 is 6.41 Å². The molecule has 1 amide bonds. The van der Waals surface area contributed by atoms with Gasteiger partial charge in [0.1, 0.15) is 6.54 Å². The molecule has 0 aliphatic carbocycles. The third-order valence-electron chi connectivity index (χ3n) is 1.04. The summed E-state index contributed by atoms with van der Waals surface area (Å²) in [5.41, 5.74) is 0. The predicted molar refractivity (Wildman–Crippen MR) is 34.0 cm³/mol. The Morgan fingerprint density at radius 2 is 2.00 bits per heavy atom. The third-order valence-corrected chi connectivity index (χ3v) is 1.04. The summed E-state index contributed by atoms with van der Waals surface area (Å²) >= 11 is 0. The molecule has 0 N–H and O–H groups in total. The maximum atomic E-state index is 11.6. The summed E-state index contributed by atoms with van der Waals surface area (Å²) in [6.45, 7) is 0.722. The van der Waals surface area contributed by atoms with Crippen LogP contribution in [0.15, 0.2) is 0 Å². The number of alkyl halides is 3. The second-order valence-corrected chi connectivity index (χ2v) is 2.19. The average molecular weight is 169 g/mol. The van der Waals surface area contributed by atoms with Gasteiger partial charge in [-0.2, -0.15) is 13.2 Å². The van der Waals surface area contributed by atoms with Gasteiger partial charge in [0.15, 0.2) is 0 Å². The number of amides is 1. The molecule has 5 heteroatoms. The van der Waals surface area contributed by atoms with Gasteiger partial charge in [0.05, 0.1) is 0 Å². The van der Waals surface area contributed by atoms with Gasteiger partial charge in [-0.15, -0.1) is 0 Å². The molecule has 0 rings (SSSR count). The molecule has 0 fully saturated rings. The molecule has 0 unspecified atom stereocenters. The minimum absolute atomic E-state index is 0.156. The highest BCUT2D eigenvalue weighted by atomic mass is 19.4. The Morgan fingerprint density at radius 1 is 1.45 bits per heavy atom. The Balaban J connectivity index is 3.77. The number of rotatable bonds is 4. The first-order chi connectivity index (χ1) is 4.99. The number of nitrogens with zero attached hydrogens (tertiary/aromatic N) is 1. The quantitative estimate of drug-likeness (QED) is 0.583. The van der Waals surface area contributed by atoms with Crippen molar-refractivity contribution in [2.24, 2.45) is 0 Å². The monoisotopic (exact) mass is 169 g/mol. The summed E-state index contributed by atoms with van der Waals surface area (Å²) in [6, 6.07) is 0. The van der Waals surface area contributed by atoms with Crippen LogP contribution in [0.1, 0.15) is 13.3 Å². The van der Waals surface area contributed by atoms with E-state index in [1.54, 1.807) is 6.92 Å². The van der Waals surface area contributed by atoms with Gasteiger partial charge in [0.25, 0.3) is 0 Å². The highest BCUT2D eigenvalue weighted by Gasteiger charge is 2.29. The Morgan fingerprint density at radius 3 is 2.27 bits per heavy atom. The Labute approximate surface area is 63.0 Å². The minimum atomic E-state index is -4.28. The van der Waals surface area contributed by atoms with Gasteiger partial charge >= 0.3 is 6.18 Å². The number of carbonyl (C=O) groups is 1. The smallest absolute Gasteiger partial charge is 0.336 e. The molecule has 0 aromatic heterocycles. The number of halogens is 3. The molecule has 0 aliphatic rings. The fraction of sp³-hybridized carbons (Fsp3) is 0.833. The third kappa shape index (κ3) is 5.69. The zero-order chi connectivity index (χ0) is 8.91. The lowest BCUT2D eigenvalue weighted by molar-refractivity contribution is -0.153. The van der Waals surface area contributed by atoms with Crippen molar-refractivity contribution in [1.29, 1.82) is 0 Å². The van der Waals surface area contributed by atoms with E-state index in [9.17, 15) is 18.0 Å². The number of hydrogen-bond acceptors (Lipinski definition) is 1. The SMILES string of the molecule is CCCN(C=O)CC(F)(F)F. The molecule has 0 saturated carbocycles. The first-order valence-electron chi connectivity index (χ1n) is 3.25. The fourth-order valence-corrected chi connectivity index (χ4v) is 0.687. The normalized spacial score (nSPS) is 11.3. The highest BCUT2D eigenvalue weighted by molar-refractivity contribution is 5.46. The standard InChI is InChI=1S/C6H10F3NO/c1-2-3-10(5-11)4-6(7,8)9/h5H,2-4H2,1H3. The number of carbonyl (C=O) groups excluding carboxylic acids is 1. The Kier molecular flexibility index (Phi) is 3.92. The Bertz CT molecular complexity index is 123. The molecule has 0 atom stereocenters. The molecular formula is C6H10F3NO. The Hall–Kier alpha value is -0.740. The highest BCUT2D eigenvalue weighted by Crippen LogP contribution is 2.15. The van der Waals surface area contributed by atoms with Crippen LogP contribution < -0.4 is 0 Å². The van der Waals surface area contributed by atoms with E-state index in [0.29, 0.717) is 11.3 Å². The van der Waals surface area contributed by atoms with Gasteiger partial charge in [-0.1, -0.05) is 6.92 Å². The molecule has 0 heterocycles. The van der Waals surface area contributed by atoms with Crippen molar-refractivity contribution in [3.8, 4) is 0 Å². The topological polar surface area (TPSA) is 20.3 Å².